The number of amides is 1. The van der Waals surface area contributed by atoms with Crippen LogP contribution in [-0.2, 0) is 21.4 Å². The van der Waals surface area contributed by atoms with Crippen LogP contribution in [-0.4, -0.2) is 39.1 Å². The zero-order chi connectivity index (χ0) is 21.0. The summed E-state index contributed by atoms with van der Waals surface area (Å²) in [5.41, 5.74) is 1.75. The Morgan fingerprint density at radius 1 is 1.14 bits per heavy atom. The van der Waals surface area contributed by atoms with Crippen molar-refractivity contribution < 1.29 is 22.7 Å². The molecule has 2 heterocycles. The Hall–Kier alpha value is -2.85. The predicted octanol–water partition coefficient (Wildman–Crippen LogP) is 0.748. The molecule has 1 aromatic heterocycles. The Morgan fingerprint density at radius 2 is 1.86 bits per heavy atom. The average molecular weight is 421 g/mol. The third kappa shape index (κ3) is 5.15. The van der Waals surface area contributed by atoms with Gasteiger partial charge in [-0.1, -0.05) is 0 Å². The fourth-order valence-corrected chi connectivity index (χ4v) is 4.00. The zero-order valence-electron chi connectivity index (χ0n) is 16.2. The number of hydrogen-bond acceptors (Lipinski definition) is 6. The van der Waals surface area contributed by atoms with Crippen molar-refractivity contribution in [2.24, 2.45) is 0 Å². The van der Waals surface area contributed by atoms with Gasteiger partial charge < -0.3 is 19.8 Å². The molecule has 0 atom stereocenters. The van der Waals surface area contributed by atoms with Gasteiger partial charge in [0.2, 0.25) is 15.9 Å². The highest BCUT2D eigenvalue weighted by molar-refractivity contribution is 7.89. The van der Waals surface area contributed by atoms with Gasteiger partial charge in [0.05, 0.1) is 4.90 Å². The summed E-state index contributed by atoms with van der Waals surface area (Å²) in [6.07, 6.45) is -0.0629. The molecular formula is C19H23N3O6S. The number of fused-ring (bicyclic) bond motifs is 1. The van der Waals surface area contributed by atoms with E-state index in [9.17, 15) is 18.0 Å². The number of H-pyrrole nitrogens is 1. The van der Waals surface area contributed by atoms with Gasteiger partial charge in [-0.05, 0) is 37.6 Å². The molecule has 2 aromatic rings. The molecule has 156 valence electrons. The maximum absolute atomic E-state index is 12.4. The summed E-state index contributed by atoms with van der Waals surface area (Å²) in [6.45, 7) is 4.35. The third-order valence-corrected chi connectivity index (χ3v) is 5.88. The summed E-state index contributed by atoms with van der Waals surface area (Å²) >= 11 is 0. The van der Waals surface area contributed by atoms with E-state index < -0.39 is 10.0 Å². The molecule has 29 heavy (non-hydrogen) atoms. The van der Waals surface area contributed by atoms with Crippen LogP contribution in [0.4, 0.5) is 0 Å². The van der Waals surface area contributed by atoms with Crippen LogP contribution in [0.2, 0.25) is 0 Å². The molecule has 0 aliphatic carbocycles. The first-order valence-electron chi connectivity index (χ1n) is 9.12. The molecule has 1 aliphatic rings. The molecule has 1 amide bonds. The fraction of sp³-hybridized carbons (Fsp3) is 0.368. The molecule has 10 heteroatoms. The van der Waals surface area contributed by atoms with Crippen molar-refractivity contribution >= 4 is 15.9 Å². The van der Waals surface area contributed by atoms with Crippen molar-refractivity contribution in [2.75, 3.05) is 19.8 Å². The topological polar surface area (TPSA) is 127 Å². The second-order valence-electron chi connectivity index (χ2n) is 6.67. The van der Waals surface area contributed by atoms with Gasteiger partial charge in [0, 0.05) is 36.8 Å². The minimum absolute atomic E-state index is 0.0315. The van der Waals surface area contributed by atoms with Gasteiger partial charge in [-0.25, -0.2) is 13.1 Å². The lowest BCUT2D eigenvalue weighted by atomic mass is 10.1. The molecule has 0 saturated heterocycles. The molecule has 9 nitrogen and oxygen atoms in total. The van der Waals surface area contributed by atoms with E-state index in [0.29, 0.717) is 30.3 Å². The third-order valence-electron chi connectivity index (χ3n) is 4.42. The van der Waals surface area contributed by atoms with E-state index in [1.54, 1.807) is 13.8 Å². The normalized spacial score (nSPS) is 13.2. The number of aromatic nitrogens is 1. The van der Waals surface area contributed by atoms with Crippen LogP contribution >= 0.6 is 0 Å². The first kappa shape index (κ1) is 20.9. The zero-order valence-corrected chi connectivity index (χ0v) is 17.0. The van der Waals surface area contributed by atoms with Crippen molar-refractivity contribution in [1.29, 1.82) is 0 Å². The Morgan fingerprint density at radius 3 is 2.59 bits per heavy atom. The van der Waals surface area contributed by atoms with E-state index in [2.05, 4.69) is 15.0 Å². The SMILES string of the molecule is Cc1cc(C)c(CNC(=O)CCNS(=O)(=O)c2ccc3c(c2)OCCO3)c(=O)[nH]1. The number of pyridine rings is 1. The van der Waals surface area contributed by atoms with Gasteiger partial charge in [0.1, 0.15) is 13.2 Å². The molecule has 0 fully saturated rings. The largest absolute Gasteiger partial charge is 0.486 e. The van der Waals surface area contributed by atoms with Gasteiger partial charge in [-0.3, -0.25) is 9.59 Å². The number of rotatable bonds is 7. The molecule has 0 radical (unpaired) electrons. The summed E-state index contributed by atoms with van der Waals surface area (Å²) in [6, 6.07) is 6.17. The molecule has 3 N–H and O–H groups in total. The van der Waals surface area contributed by atoms with Crippen LogP contribution < -0.4 is 25.1 Å². The molecule has 0 unspecified atom stereocenters. The van der Waals surface area contributed by atoms with Crippen molar-refractivity contribution in [1.82, 2.24) is 15.0 Å². The monoisotopic (exact) mass is 421 g/mol. The van der Waals surface area contributed by atoms with E-state index in [1.165, 1.54) is 18.2 Å². The van der Waals surface area contributed by atoms with Crippen LogP contribution in [0.5, 0.6) is 11.5 Å². The highest BCUT2D eigenvalue weighted by Gasteiger charge is 2.19. The number of aryl methyl sites for hydroxylation is 2. The smallest absolute Gasteiger partial charge is 0.253 e. The summed E-state index contributed by atoms with van der Waals surface area (Å²) in [5, 5.41) is 2.64. The quantitative estimate of drug-likeness (QED) is 0.606. The Kier molecular flexibility index (Phi) is 6.23. The maximum Gasteiger partial charge on any atom is 0.253 e. The summed E-state index contributed by atoms with van der Waals surface area (Å²) < 4.78 is 38.0. The van der Waals surface area contributed by atoms with Crippen molar-refractivity contribution in [3.05, 3.63) is 51.4 Å². The van der Waals surface area contributed by atoms with E-state index in [0.717, 1.165) is 11.3 Å². The van der Waals surface area contributed by atoms with Gasteiger partial charge in [0.25, 0.3) is 5.56 Å². The number of aromatic amines is 1. The molecule has 0 spiro atoms. The molecule has 0 bridgehead atoms. The van der Waals surface area contributed by atoms with E-state index in [-0.39, 0.29) is 35.9 Å². The van der Waals surface area contributed by atoms with Gasteiger partial charge in [-0.2, -0.15) is 0 Å². The number of hydrogen-bond donors (Lipinski definition) is 3. The lowest BCUT2D eigenvalue weighted by Gasteiger charge is -2.18. The minimum atomic E-state index is -3.80. The van der Waals surface area contributed by atoms with Crippen LogP contribution in [0.3, 0.4) is 0 Å². The number of carbonyl (C=O) groups is 1. The van der Waals surface area contributed by atoms with Gasteiger partial charge in [0.15, 0.2) is 11.5 Å². The Bertz CT molecular complexity index is 1080. The Labute approximate surface area is 168 Å². The van der Waals surface area contributed by atoms with E-state index in [4.69, 9.17) is 9.47 Å². The maximum atomic E-state index is 12.4. The number of nitrogens with one attached hydrogen (secondary N) is 3. The molecule has 3 rings (SSSR count). The minimum Gasteiger partial charge on any atom is -0.486 e. The second-order valence-corrected chi connectivity index (χ2v) is 8.44. The molecule has 1 aliphatic heterocycles. The summed E-state index contributed by atoms with van der Waals surface area (Å²) in [5.74, 6) is 0.501. The van der Waals surface area contributed by atoms with Crippen LogP contribution in [0.15, 0.2) is 34.0 Å². The predicted molar refractivity (Wildman–Crippen MR) is 106 cm³/mol. The van der Waals surface area contributed by atoms with E-state index in [1.807, 2.05) is 6.07 Å². The van der Waals surface area contributed by atoms with E-state index >= 15 is 0 Å². The highest BCUT2D eigenvalue weighted by atomic mass is 32.2. The van der Waals surface area contributed by atoms with Crippen LogP contribution in [0.1, 0.15) is 23.2 Å². The second kappa shape index (κ2) is 8.66. The molecule has 0 saturated carbocycles. The van der Waals surface area contributed by atoms with Crippen LogP contribution in [0, 0.1) is 13.8 Å². The lowest BCUT2D eigenvalue weighted by molar-refractivity contribution is -0.121. The summed E-state index contributed by atoms with van der Waals surface area (Å²) in [4.78, 5) is 26.7. The van der Waals surface area contributed by atoms with Crippen molar-refractivity contribution in [3.63, 3.8) is 0 Å². The Balaban J connectivity index is 1.53. The first-order valence-corrected chi connectivity index (χ1v) is 10.6. The van der Waals surface area contributed by atoms with Crippen molar-refractivity contribution in [3.8, 4) is 11.5 Å². The van der Waals surface area contributed by atoms with Gasteiger partial charge >= 0.3 is 0 Å². The molecular weight excluding hydrogens is 398 g/mol. The fourth-order valence-electron chi connectivity index (χ4n) is 2.95. The number of ether oxygens (including phenoxy) is 2. The standard InChI is InChI=1S/C19H23N3O6S/c1-12-9-13(2)22-19(24)15(12)11-20-18(23)5-6-21-29(25,26)14-3-4-16-17(10-14)28-8-7-27-16/h3-4,9-10,21H,5-8,11H2,1-2H3,(H,20,23)(H,22,24). The van der Waals surface area contributed by atoms with Crippen molar-refractivity contribution in [2.45, 2.75) is 31.7 Å². The number of sulfonamides is 1. The molecule has 1 aromatic carbocycles. The lowest BCUT2D eigenvalue weighted by Crippen LogP contribution is -2.32. The first-order chi connectivity index (χ1) is 13.8. The highest BCUT2D eigenvalue weighted by Crippen LogP contribution is 2.32. The van der Waals surface area contributed by atoms with Gasteiger partial charge in [-0.15, -0.1) is 0 Å². The average Bonchev–Trinajstić information content (AvgIpc) is 2.66. The number of carbonyl (C=O) groups excluding carboxylic acids is 1. The van der Waals surface area contributed by atoms with Crippen LogP contribution in [0.25, 0.3) is 0 Å². The number of benzene rings is 1. The summed E-state index contributed by atoms with van der Waals surface area (Å²) in [7, 11) is -3.80.